The SMILES string of the molecule is COc1cc(Nc2c(C#N)cnc3cc(-c4cc(CN5CCSCC5)cs4)ccc23)c(Cl)cc1Cl. The highest BCUT2D eigenvalue weighted by Gasteiger charge is 2.16. The first-order valence-electron chi connectivity index (χ1n) is 11.1. The number of pyridine rings is 1. The van der Waals surface area contributed by atoms with Gasteiger partial charge in [-0.05, 0) is 34.7 Å². The van der Waals surface area contributed by atoms with Gasteiger partial charge in [0.1, 0.15) is 11.8 Å². The second-order valence-electron chi connectivity index (χ2n) is 8.19. The third-order valence-electron chi connectivity index (χ3n) is 5.94. The van der Waals surface area contributed by atoms with E-state index in [4.69, 9.17) is 27.9 Å². The molecule has 178 valence electrons. The van der Waals surface area contributed by atoms with Crippen molar-refractivity contribution >= 4 is 68.6 Å². The van der Waals surface area contributed by atoms with E-state index in [0.717, 1.165) is 36.1 Å². The maximum atomic E-state index is 9.73. The first kappa shape index (κ1) is 24.2. The standard InChI is InChI=1S/C26H22Cl2N4OS2/c1-33-24-11-23(20(27)10-21(24)28)31-26-18(12-29)13-30-22-9-17(2-3-19(22)26)25-8-16(15-35-25)14-32-4-6-34-7-5-32/h2-3,8-11,13,15H,4-7,14H2,1H3,(H,30,31). The van der Waals surface area contributed by atoms with Crippen LogP contribution in [0.2, 0.25) is 10.0 Å². The molecule has 0 aliphatic carbocycles. The van der Waals surface area contributed by atoms with Gasteiger partial charge in [0.2, 0.25) is 0 Å². The van der Waals surface area contributed by atoms with Crippen LogP contribution in [-0.2, 0) is 6.54 Å². The predicted molar refractivity (Wildman–Crippen MR) is 149 cm³/mol. The highest BCUT2D eigenvalue weighted by molar-refractivity contribution is 7.99. The van der Waals surface area contributed by atoms with Gasteiger partial charge in [0, 0.05) is 53.7 Å². The number of fused-ring (bicyclic) bond motifs is 1. The van der Waals surface area contributed by atoms with Crippen LogP contribution < -0.4 is 10.1 Å². The second-order valence-corrected chi connectivity index (χ2v) is 11.1. The van der Waals surface area contributed by atoms with Gasteiger partial charge < -0.3 is 10.1 Å². The number of thioether (sulfide) groups is 1. The van der Waals surface area contributed by atoms with Gasteiger partial charge in [-0.3, -0.25) is 9.88 Å². The summed E-state index contributed by atoms with van der Waals surface area (Å²) in [6.07, 6.45) is 1.59. The monoisotopic (exact) mass is 540 g/mol. The summed E-state index contributed by atoms with van der Waals surface area (Å²) >= 11 is 16.4. The largest absolute Gasteiger partial charge is 0.495 e. The molecule has 1 aliphatic rings. The number of nitrogens with one attached hydrogen (secondary N) is 1. The van der Waals surface area contributed by atoms with Crippen LogP contribution in [0.15, 0.2) is 48.0 Å². The van der Waals surface area contributed by atoms with Gasteiger partial charge >= 0.3 is 0 Å². The molecular formula is C26H22Cl2N4OS2. The van der Waals surface area contributed by atoms with Crippen LogP contribution in [0.5, 0.6) is 5.75 Å². The predicted octanol–water partition coefficient (Wildman–Crippen LogP) is 7.44. The smallest absolute Gasteiger partial charge is 0.139 e. The summed E-state index contributed by atoms with van der Waals surface area (Å²) in [4.78, 5) is 8.29. The van der Waals surface area contributed by atoms with Crippen LogP contribution in [0.1, 0.15) is 11.1 Å². The number of hydrogen-bond acceptors (Lipinski definition) is 7. The Labute approximate surface area is 222 Å². The minimum atomic E-state index is 0.419. The molecule has 0 amide bonds. The number of nitriles is 1. The summed E-state index contributed by atoms with van der Waals surface area (Å²) in [5.74, 6) is 2.92. The van der Waals surface area contributed by atoms with Gasteiger partial charge in [-0.2, -0.15) is 17.0 Å². The number of benzene rings is 2. The zero-order chi connectivity index (χ0) is 24.4. The number of anilines is 2. The number of halogens is 2. The lowest BCUT2D eigenvalue weighted by atomic mass is 10.1. The quantitative estimate of drug-likeness (QED) is 0.274. The molecule has 2 aromatic carbocycles. The molecule has 4 aromatic rings. The first-order chi connectivity index (χ1) is 17.1. The number of nitrogens with zero attached hydrogens (tertiary/aromatic N) is 3. The molecule has 1 aliphatic heterocycles. The zero-order valence-electron chi connectivity index (χ0n) is 19.0. The molecule has 0 bridgehead atoms. The van der Waals surface area contributed by atoms with Gasteiger partial charge in [-0.1, -0.05) is 35.3 Å². The van der Waals surface area contributed by atoms with Crippen LogP contribution in [0.25, 0.3) is 21.3 Å². The van der Waals surface area contributed by atoms with Crippen LogP contribution in [0, 0.1) is 11.3 Å². The Balaban J connectivity index is 1.47. The van der Waals surface area contributed by atoms with Gasteiger partial charge in [0.05, 0.1) is 39.6 Å². The lowest BCUT2D eigenvalue weighted by Gasteiger charge is -2.25. The van der Waals surface area contributed by atoms with Crippen molar-refractivity contribution in [3.63, 3.8) is 0 Å². The fourth-order valence-corrected chi connectivity index (χ4v) is 6.50. The molecule has 0 unspecified atom stereocenters. The van der Waals surface area contributed by atoms with E-state index in [1.165, 1.54) is 21.9 Å². The fourth-order valence-electron chi connectivity index (χ4n) is 4.11. The molecule has 0 atom stereocenters. The Morgan fingerprint density at radius 2 is 1.97 bits per heavy atom. The number of ether oxygens (including phenoxy) is 1. The molecular weight excluding hydrogens is 519 g/mol. The molecule has 3 heterocycles. The number of thiophene rings is 1. The summed E-state index contributed by atoms with van der Waals surface area (Å²) in [6, 6.07) is 14.0. The van der Waals surface area contributed by atoms with E-state index in [1.54, 1.807) is 36.8 Å². The lowest BCUT2D eigenvalue weighted by molar-refractivity contribution is 0.295. The number of rotatable bonds is 6. The maximum Gasteiger partial charge on any atom is 0.139 e. The van der Waals surface area contributed by atoms with Crippen molar-refractivity contribution in [1.29, 1.82) is 5.26 Å². The van der Waals surface area contributed by atoms with Gasteiger partial charge in [-0.15, -0.1) is 11.3 Å². The summed E-state index contributed by atoms with van der Waals surface area (Å²) in [5.41, 5.74) is 4.92. The molecule has 2 aromatic heterocycles. The van der Waals surface area contributed by atoms with E-state index < -0.39 is 0 Å². The molecule has 35 heavy (non-hydrogen) atoms. The summed E-state index contributed by atoms with van der Waals surface area (Å²) < 4.78 is 5.33. The van der Waals surface area contributed by atoms with Crippen LogP contribution >= 0.6 is 46.3 Å². The topological polar surface area (TPSA) is 61.2 Å². The number of methoxy groups -OCH3 is 1. The van der Waals surface area contributed by atoms with Crippen molar-refractivity contribution in [3.05, 3.63) is 69.1 Å². The molecule has 5 rings (SSSR count). The third-order valence-corrected chi connectivity index (χ3v) is 8.52. The molecule has 0 spiro atoms. The van der Waals surface area contributed by atoms with Crippen molar-refractivity contribution in [3.8, 4) is 22.3 Å². The number of hydrogen-bond donors (Lipinski definition) is 1. The van der Waals surface area contributed by atoms with E-state index in [1.807, 2.05) is 17.8 Å². The van der Waals surface area contributed by atoms with Crippen LogP contribution in [0.3, 0.4) is 0 Å². The van der Waals surface area contributed by atoms with Gasteiger partial charge in [-0.25, -0.2) is 0 Å². The normalized spacial score (nSPS) is 14.1. The molecule has 1 fully saturated rings. The lowest BCUT2D eigenvalue weighted by Crippen LogP contribution is -2.31. The Morgan fingerprint density at radius 3 is 2.74 bits per heavy atom. The fraction of sp³-hybridized carbons (Fsp3) is 0.231. The van der Waals surface area contributed by atoms with Crippen molar-refractivity contribution in [2.75, 3.05) is 37.0 Å². The minimum Gasteiger partial charge on any atom is -0.495 e. The third kappa shape index (κ3) is 5.23. The Kier molecular flexibility index (Phi) is 7.37. The zero-order valence-corrected chi connectivity index (χ0v) is 22.1. The average molecular weight is 542 g/mol. The van der Waals surface area contributed by atoms with Gasteiger partial charge in [0.15, 0.2) is 0 Å². The van der Waals surface area contributed by atoms with Crippen molar-refractivity contribution < 1.29 is 4.74 Å². The van der Waals surface area contributed by atoms with Crippen molar-refractivity contribution in [1.82, 2.24) is 9.88 Å². The van der Waals surface area contributed by atoms with Crippen molar-refractivity contribution in [2.45, 2.75) is 6.54 Å². The summed E-state index contributed by atoms with van der Waals surface area (Å²) in [7, 11) is 1.55. The highest BCUT2D eigenvalue weighted by atomic mass is 35.5. The van der Waals surface area contributed by atoms with E-state index >= 15 is 0 Å². The van der Waals surface area contributed by atoms with E-state index in [0.29, 0.717) is 32.7 Å². The Hall–Kier alpha value is -2.47. The van der Waals surface area contributed by atoms with Crippen LogP contribution in [-0.4, -0.2) is 41.6 Å². The van der Waals surface area contributed by atoms with E-state index in [-0.39, 0.29) is 0 Å². The van der Waals surface area contributed by atoms with E-state index in [2.05, 4.69) is 44.8 Å². The summed E-state index contributed by atoms with van der Waals surface area (Å²) in [5, 5.41) is 17.0. The average Bonchev–Trinajstić information content (AvgIpc) is 3.34. The molecule has 9 heteroatoms. The first-order valence-corrected chi connectivity index (χ1v) is 13.9. The Morgan fingerprint density at radius 1 is 1.14 bits per heavy atom. The minimum absolute atomic E-state index is 0.419. The summed E-state index contributed by atoms with van der Waals surface area (Å²) in [6.45, 7) is 3.29. The van der Waals surface area contributed by atoms with Crippen molar-refractivity contribution in [2.24, 2.45) is 0 Å². The molecule has 1 N–H and O–H groups in total. The molecule has 0 saturated carbocycles. The van der Waals surface area contributed by atoms with Gasteiger partial charge in [0.25, 0.3) is 0 Å². The Bertz CT molecular complexity index is 1430. The highest BCUT2D eigenvalue weighted by Crippen LogP contribution is 2.39. The second kappa shape index (κ2) is 10.7. The number of aromatic nitrogens is 1. The molecule has 1 saturated heterocycles. The maximum absolute atomic E-state index is 9.73. The molecule has 5 nitrogen and oxygen atoms in total. The van der Waals surface area contributed by atoms with Crippen LogP contribution in [0.4, 0.5) is 11.4 Å². The van der Waals surface area contributed by atoms with E-state index in [9.17, 15) is 5.26 Å². The molecule has 0 radical (unpaired) electrons.